The van der Waals surface area contributed by atoms with Gasteiger partial charge in [-0.05, 0) is 43.2 Å². The minimum atomic E-state index is -1.20. The molecule has 1 atom stereocenters. The number of benzene rings is 1. The summed E-state index contributed by atoms with van der Waals surface area (Å²) in [6, 6.07) is 9.99. The van der Waals surface area contributed by atoms with Gasteiger partial charge in [0, 0.05) is 4.88 Å². The average Bonchev–Trinajstić information content (AvgIpc) is 3.21. The quantitative estimate of drug-likeness (QED) is 0.625. The standard InChI is InChI=1S/C19H20N2O4S/c1-4-14-9-10-16(26-14)15(22)11-21-17(23)19(2,20-18(21)24)12-5-7-13(25-3)8-6-12/h5-10H,4,11H2,1-3H3,(H,20,24)/t19-/m1/s1. The van der Waals surface area contributed by atoms with Crippen molar-refractivity contribution in [2.75, 3.05) is 13.7 Å². The molecule has 2 heterocycles. The van der Waals surface area contributed by atoms with Gasteiger partial charge in [0.2, 0.25) is 0 Å². The molecule has 3 rings (SSSR count). The predicted molar refractivity (Wildman–Crippen MR) is 98.6 cm³/mol. The van der Waals surface area contributed by atoms with Crippen molar-refractivity contribution in [3.8, 4) is 5.75 Å². The molecule has 6 nitrogen and oxygen atoms in total. The van der Waals surface area contributed by atoms with E-state index in [1.165, 1.54) is 11.3 Å². The maximum Gasteiger partial charge on any atom is 0.325 e. The van der Waals surface area contributed by atoms with E-state index in [0.717, 1.165) is 16.2 Å². The van der Waals surface area contributed by atoms with Crippen molar-refractivity contribution >= 4 is 29.1 Å². The number of amides is 3. The molecule has 0 radical (unpaired) electrons. The topological polar surface area (TPSA) is 75.7 Å². The number of carbonyl (C=O) groups excluding carboxylic acids is 3. The van der Waals surface area contributed by atoms with Crippen LogP contribution in [-0.2, 0) is 16.8 Å². The van der Waals surface area contributed by atoms with Gasteiger partial charge in [0.15, 0.2) is 5.78 Å². The van der Waals surface area contributed by atoms with Gasteiger partial charge in [0.1, 0.15) is 11.3 Å². The molecule has 1 aromatic heterocycles. The van der Waals surface area contributed by atoms with Crippen molar-refractivity contribution < 1.29 is 19.1 Å². The van der Waals surface area contributed by atoms with E-state index in [0.29, 0.717) is 16.2 Å². The fourth-order valence-electron chi connectivity index (χ4n) is 2.90. The zero-order valence-electron chi connectivity index (χ0n) is 14.9. The third kappa shape index (κ3) is 3.10. The van der Waals surface area contributed by atoms with Gasteiger partial charge in [-0.2, -0.15) is 0 Å². The highest BCUT2D eigenvalue weighted by atomic mass is 32.1. The number of carbonyl (C=O) groups is 3. The third-order valence-electron chi connectivity index (χ3n) is 4.53. The normalized spacial score (nSPS) is 19.6. The number of aryl methyl sites for hydroxylation is 1. The Morgan fingerprint density at radius 1 is 1.19 bits per heavy atom. The first-order valence-corrected chi connectivity index (χ1v) is 9.11. The van der Waals surface area contributed by atoms with Gasteiger partial charge in [-0.15, -0.1) is 11.3 Å². The van der Waals surface area contributed by atoms with Gasteiger partial charge >= 0.3 is 6.03 Å². The lowest BCUT2D eigenvalue weighted by molar-refractivity contribution is -0.130. The predicted octanol–water partition coefficient (Wildman–Crippen LogP) is 2.97. The van der Waals surface area contributed by atoms with E-state index in [9.17, 15) is 14.4 Å². The molecule has 1 saturated heterocycles. The number of rotatable bonds is 6. The van der Waals surface area contributed by atoms with Crippen LogP contribution in [0.15, 0.2) is 36.4 Å². The third-order valence-corrected chi connectivity index (χ3v) is 5.80. The molecule has 0 unspecified atom stereocenters. The number of urea groups is 1. The van der Waals surface area contributed by atoms with Crippen LogP contribution >= 0.6 is 11.3 Å². The Balaban J connectivity index is 1.80. The van der Waals surface area contributed by atoms with Crippen LogP contribution in [0.2, 0.25) is 0 Å². The van der Waals surface area contributed by atoms with Crippen LogP contribution in [0.1, 0.15) is 34.0 Å². The molecular weight excluding hydrogens is 352 g/mol. The number of ketones is 1. The second-order valence-electron chi connectivity index (χ2n) is 6.22. The number of hydrogen-bond acceptors (Lipinski definition) is 5. The second kappa shape index (κ2) is 6.92. The minimum absolute atomic E-state index is 0.239. The Kier molecular flexibility index (Phi) is 4.82. The van der Waals surface area contributed by atoms with Crippen LogP contribution in [0.3, 0.4) is 0 Å². The molecule has 1 aromatic carbocycles. The van der Waals surface area contributed by atoms with Crippen molar-refractivity contribution in [2.24, 2.45) is 0 Å². The SMILES string of the molecule is CCc1ccc(C(=O)CN2C(=O)N[C@](C)(c3ccc(OC)cc3)C2=O)s1. The molecule has 1 aliphatic heterocycles. The van der Waals surface area contributed by atoms with Crippen molar-refractivity contribution in [3.05, 3.63) is 51.7 Å². The Labute approximate surface area is 155 Å². The minimum Gasteiger partial charge on any atom is -0.497 e. The molecule has 0 bridgehead atoms. The van der Waals surface area contributed by atoms with Crippen LogP contribution in [0.5, 0.6) is 5.75 Å². The summed E-state index contributed by atoms with van der Waals surface area (Å²) in [5, 5.41) is 2.70. The van der Waals surface area contributed by atoms with Crippen molar-refractivity contribution in [2.45, 2.75) is 25.8 Å². The van der Waals surface area contributed by atoms with E-state index in [2.05, 4.69) is 5.32 Å². The van der Waals surface area contributed by atoms with Crippen LogP contribution in [0, 0.1) is 0 Å². The molecule has 1 N–H and O–H groups in total. The maximum atomic E-state index is 12.9. The molecule has 0 saturated carbocycles. The molecule has 136 valence electrons. The molecule has 3 amide bonds. The van der Waals surface area contributed by atoms with E-state index < -0.39 is 17.5 Å². The monoisotopic (exact) mass is 372 g/mol. The van der Waals surface area contributed by atoms with Crippen molar-refractivity contribution in [3.63, 3.8) is 0 Å². The van der Waals surface area contributed by atoms with E-state index in [1.54, 1.807) is 44.4 Å². The van der Waals surface area contributed by atoms with Gasteiger partial charge in [-0.1, -0.05) is 19.1 Å². The summed E-state index contributed by atoms with van der Waals surface area (Å²) < 4.78 is 5.12. The number of thiophene rings is 1. The number of ether oxygens (including phenoxy) is 1. The fourth-order valence-corrected chi connectivity index (χ4v) is 3.78. The largest absolute Gasteiger partial charge is 0.497 e. The number of methoxy groups -OCH3 is 1. The first kappa shape index (κ1) is 18.1. The van der Waals surface area contributed by atoms with E-state index in [1.807, 2.05) is 13.0 Å². The summed E-state index contributed by atoms with van der Waals surface area (Å²) in [5.74, 6) is -0.0175. The molecule has 26 heavy (non-hydrogen) atoms. The smallest absolute Gasteiger partial charge is 0.325 e. The Morgan fingerprint density at radius 2 is 1.88 bits per heavy atom. The molecular formula is C19H20N2O4S. The fraction of sp³-hybridized carbons (Fsp3) is 0.316. The number of nitrogens with one attached hydrogen (secondary N) is 1. The summed E-state index contributed by atoms with van der Waals surface area (Å²) in [7, 11) is 1.56. The molecule has 1 aliphatic rings. The van der Waals surface area contributed by atoms with Crippen LogP contribution in [0.4, 0.5) is 4.79 Å². The van der Waals surface area contributed by atoms with Crippen molar-refractivity contribution in [1.29, 1.82) is 0 Å². The van der Waals surface area contributed by atoms with Crippen LogP contribution in [0.25, 0.3) is 0 Å². The number of Topliss-reactive ketones (excluding diaryl/α,β-unsaturated/α-hetero) is 1. The van der Waals surface area contributed by atoms with Gasteiger partial charge in [-0.3, -0.25) is 14.5 Å². The Bertz CT molecular complexity index is 859. The van der Waals surface area contributed by atoms with E-state index >= 15 is 0 Å². The number of imide groups is 1. The molecule has 2 aromatic rings. The summed E-state index contributed by atoms with van der Waals surface area (Å²) in [5.41, 5.74) is -0.566. The Hall–Kier alpha value is -2.67. The zero-order chi connectivity index (χ0) is 18.9. The average molecular weight is 372 g/mol. The van der Waals surface area contributed by atoms with Crippen LogP contribution < -0.4 is 10.1 Å². The van der Waals surface area contributed by atoms with Gasteiger partial charge in [0.05, 0.1) is 18.5 Å². The highest BCUT2D eigenvalue weighted by Gasteiger charge is 2.49. The molecule has 7 heteroatoms. The summed E-state index contributed by atoms with van der Waals surface area (Å²) in [4.78, 5) is 40.3. The van der Waals surface area contributed by atoms with E-state index in [-0.39, 0.29) is 12.3 Å². The van der Waals surface area contributed by atoms with Crippen LogP contribution in [-0.4, -0.2) is 36.3 Å². The lowest BCUT2D eigenvalue weighted by Gasteiger charge is -2.22. The lowest BCUT2D eigenvalue weighted by Crippen LogP contribution is -2.41. The van der Waals surface area contributed by atoms with Gasteiger partial charge in [-0.25, -0.2) is 4.79 Å². The first-order valence-electron chi connectivity index (χ1n) is 8.29. The molecule has 0 spiro atoms. The van der Waals surface area contributed by atoms with Gasteiger partial charge in [0.25, 0.3) is 5.91 Å². The second-order valence-corrected chi connectivity index (χ2v) is 7.39. The molecule has 1 fully saturated rings. The number of hydrogen-bond donors (Lipinski definition) is 1. The highest BCUT2D eigenvalue weighted by molar-refractivity contribution is 7.14. The number of nitrogens with zero attached hydrogens (tertiary/aromatic N) is 1. The highest BCUT2D eigenvalue weighted by Crippen LogP contribution is 2.30. The summed E-state index contributed by atoms with van der Waals surface area (Å²) in [6.07, 6.45) is 0.844. The summed E-state index contributed by atoms with van der Waals surface area (Å²) in [6.45, 7) is 3.39. The maximum absolute atomic E-state index is 12.9. The molecule has 0 aliphatic carbocycles. The first-order chi connectivity index (χ1) is 12.4. The van der Waals surface area contributed by atoms with E-state index in [4.69, 9.17) is 4.74 Å². The van der Waals surface area contributed by atoms with Gasteiger partial charge < -0.3 is 10.1 Å². The zero-order valence-corrected chi connectivity index (χ0v) is 15.7. The van der Waals surface area contributed by atoms with Crippen molar-refractivity contribution in [1.82, 2.24) is 10.2 Å². The lowest BCUT2D eigenvalue weighted by atomic mass is 9.92. The Morgan fingerprint density at radius 3 is 2.46 bits per heavy atom. The summed E-state index contributed by atoms with van der Waals surface area (Å²) >= 11 is 1.39.